The van der Waals surface area contributed by atoms with Crippen LogP contribution in [0.3, 0.4) is 0 Å². The van der Waals surface area contributed by atoms with Gasteiger partial charge in [-0.15, -0.1) is 0 Å². The SMILES string of the molecule is CCCOCC1CCN(Cc2ccc(OC(F)F)cc2)C1. The molecule has 1 aromatic rings. The summed E-state index contributed by atoms with van der Waals surface area (Å²) in [5.74, 6) is 0.819. The highest BCUT2D eigenvalue weighted by molar-refractivity contribution is 5.27. The van der Waals surface area contributed by atoms with Gasteiger partial charge in [-0.3, -0.25) is 4.90 Å². The van der Waals surface area contributed by atoms with Crippen LogP contribution in [0.4, 0.5) is 8.78 Å². The van der Waals surface area contributed by atoms with Crippen LogP contribution in [-0.2, 0) is 11.3 Å². The van der Waals surface area contributed by atoms with Gasteiger partial charge in [0, 0.05) is 19.7 Å². The number of benzene rings is 1. The molecule has 1 aliphatic rings. The van der Waals surface area contributed by atoms with Crippen LogP contribution in [0.15, 0.2) is 24.3 Å². The van der Waals surface area contributed by atoms with Gasteiger partial charge in [0.25, 0.3) is 0 Å². The van der Waals surface area contributed by atoms with Gasteiger partial charge in [-0.05, 0) is 43.0 Å². The lowest BCUT2D eigenvalue weighted by molar-refractivity contribution is -0.0498. The molecule has 0 radical (unpaired) electrons. The van der Waals surface area contributed by atoms with E-state index in [1.54, 1.807) is 12.1 Å². The highest BCUT2D eigenvalue weighted by atomic mass is 19.3. The van der Waals surface area contributed by atoms with Crippen molar-refractivity contribution < 1.29 is 18.3 Å². The summed E-state index contributed by atoms with van der Waals surface area (Å²) in [6.07, 6.45) is 2.22. The number of likely N-dealkylation sites (tertiary alicyclic amines) is 1. The van der Waals surface area contributed by atoms with Gasteiger partial charge in [0.1, 0.15) is 5.75 Å². The molecule has 1 heterocycles. The molecule has 1 atom stereocenters. The Bertz CT molecular complexity index is 411. The molecule has 0 spiro atoms. The molecular weight excluding hydrogens is 276 g/mol. The fourth-order valence-corrected chi connectivity index (χ4v) is 2.62. The summed E-state index contributed by atoms with van der Waals surface area (Å²) in [6.45, 7) is 3.97. The maximum absolute atomic E-state index is 12.1. The van der Waals surface area contributed by atoms with Crippen molar-refractivity contribution in [1.29, 1.82) is 0 Å². The van der Waals surface area contributed by atoms with Gasteiger partial charge in [0.05, 0.1) is 6.61 Å². The van der Waals surface area contributed by atoms with E-state index in [1.807, 2.05) is 12.1 Å². The van der Waals surface area contributed by atoms with Crippen LogP contribution >= 0.6 is 0 Å². The number of rotatable bonds is 8. The maximum atomic E-state index is 12.1. The first kappa shape index (κ1) is 16.2. The molecule has 0 saturated carbocycles. The average molecular weight is 299 g/mol. The van der Waals surface area contributed by atoms with Crippen LogP contribution in [0.5, 0.6) is 5.75 Å². The van der Waals surface area contributed by atoms with Gasteiger partial charge in [-0.1, -0.05) is 19.1 Å². The lowest BCUT2D eigenvalue weighted by Crippen LogP contribution is -2.21. The molecule has 0 bridgehead atoms. The van der Waals surface area contributed by atoms with Gasteiger partial charge >= 0.3 is 6.61 Å². The lowest BCUT2D eigenvalue weighted by atomic mass is 10.1. The zero-order valence-corrected chi connectivity index (χ0v) is 12.4. The van der Waals surface area contributed by atoms with Crippen molar-refractivity contribution in [2.45, 2.75) is 32.9 Å². The standard InChI is InChI=1S/C16H23F2NO2/c1-2-9-20-12-14-7-8-19(11-14)10-13-3-5-15(6-4-13)21-16(17)18/h3-6,14,16H,2,7-12H2,1H3. The molecule has 1 aromatic carbocycles. The van der Waals surface area contributed by atoms with E-state index in [0.29, 0.717) is 5.92 Å². The van der Waals surface area contributed by atoms with E-state index in [9.17, 15) is 8.78 Å². The third-order valence-electron chi connectivity index (χ3n) is 3.63. The Morgan fingerprint density at radius 1 is 1.29 bits per heavy atom. The van der Waals surface area contributed by atoms with E-state index in [2.05, 4.69) is 16.6 Å². The van der Waals surface area contributed by atoms with Crippen LogP contribution in [0.25, 0.3) is 0 Å². The maximum Gasteiger partial charge on any atom is 0.387 e. The van der Waals surface area contributed by atoms with Crippen molar-refractivity contribution in [3.8, 4) is 5.75 Å². The quantitative estimate of drug-likeness (QED) is 0.685. The normalized spacial score (nSPS) is 19.3. The molecule has 1 fully saturated rings. The van der Waals surface area contributed by atoms with E-state index in [4.69, 9.17) is 4.74 Å². The number of ether oxygens (including phenoxy) is 2. The first-order valence-corrected chi connectivity index (χ1v) is 7.51. The predicted molar refractivity (Wildman–Crippen MR) is 77.6 cm³/mol. The van der Waals surface area contributed by atoms with E-state index in [-0.39, 0.29) is 5.75 Å². The van der Waals surface area contributed by atoms with Crippen LogP contribution in [0.2, 0.25) is 0 Å². The van der Waals surface area contributed by atoms with E-state index in [0.717, 1.165) is 51.3 Å². The fraction of sp³-hybridized carbons (Fsp3) is 0.625. The summed E-state index contributed by atoms with van der Waals surface area (Å²) >= 11 is 0. The van der Waals surface area contributed by atoms with Crippen LogP contribution in [0, 0.1) is 5.92 Å². The number of nitrogens with zero attached hydrogens (tertiary/aromatic N) is 1. The Balaban J connectivity index is 1.75. The smallest absolute Gasteiger partial charge is 0.387 e. The third-order valence-corrected chi connectivity index (χ3v) is 3.63. The monoisotopic (exact) mass is 299 g/mol. The second-order valence-corrected chi connectivity index (χ2v) is 5.49. The summed E-state index contributed by atoms with van der Waals surface area (Å²) in [6, 6.07) is 6.88. The minimum atomic E-state index is -2.77. The van der Waals surface area contributed by atoms with Gasteiger partial charge in [0.2, 0.25) is 0 Å². The number of hydrogen-bond acceptors (Lipinski definition) is 3. The van der Waals surface area contributed by atoms with E-state index in [1.165, 1.54) is 0 Å². The Labute approximate surface area is 124 Å². The molecule has 1 saturated heterocycles. The summed E-state index contributed by atoms with van der Waals surface area (Å²) in [4.78, 5) is 2.38. The minimum Gasteiger partial charge on any atom is -0.435 e. The van der Waals surface area contributed by atoms with Crippen molar-refractivity contribution in [3.05, 3.63) is 29.8 Å². The molecule has 0 aromatic heterocycles. The Kier molecular flexibility index (Phi) is 6.39. The first-order valence-electron chi connectivity index (χ1n) is 7.51. The molecule has 0 aliphatic carbocycles. The minimum absolute atomic E-state index is 0.209. The van der Waals surface area contributed by atoms with Gasteiger partial charge < -0.3 is 9.47 Å². The van der Waals surface area contributed by atoms with Crippen molar-refractivity contribution in [1.82, 2.24) is 4.90 Å². The summed E-state index contributed by atoms with van der Waals surface area (Å²) < 4.78 is 34.1. The largest absolute Gasteiger partial charge is 0.435 e. The van der Waals surface area contributed by atoms with Crippen molar-refractivity contribution in [3.63, 3.8) is 0 Å². The van der Waals surface area contributed by atoms with Crippen molar-refractivity contribution in [2.75, 3.05) is 26.3 Å². The Morgan fingerprint density at radius 2 is 2.05 bits per heavy atom. The summed E-state index contributed by atoms with van der Waals surface area (Å²) in [5.41, 5.74) is 1.12. The van der Waals surface area contributed by atoms with Crippen LogP contribution in [-0.4, -0.2) is 37.8 Å². The van der Waals surface area contributed by atoms with E-state index < -0.39 is 6.61 Å². The molecular formula is C16H23F2NO2. The lowest BCUT2D eigenvalue weighted by Gasteiger charge is -2.16. The topological polar surface area (TPSA) is 21.7 Å². The van der Waals surface area contributed by atoms with Crippen LogP contribution < -0.4 is 4.74 Å². The van der Waals surface area contributed by atoms with Gasteiger partial charge in [-0.25, -0.2) is 0 Å². The molecule has 5 heteroatoms. The molecule has 1 unspecified atom stereocenters. The molecule has 0 amide bonds. The first-order chi connectivity index (χ1) is 10.2. The Morgan fingerprint density at radius 3 is 2.71 bits per heavy atom. The van der Waals surface area contributed by atoms with Crippen molar-refractivity contribution in [2.24, 2.45) is 5.92 Å². The molecule has 2 rings (SSSR count). The average Bonchev–Trinajstić information content (AvgIpc) is 2.88. The second-order valence-electron chi connectivity index (χ2n) is 5.49. The zero-order chi connectivity index (χ0) is 15.1. The molecule has 0 N–H and O–H groups in total. The number of alkyl halides is 2. The van der Waals surface area contributed by atoms with E-state index >= 15 is 0 Å². The molecule has 1 aliphatic heterocycles. The predicted octanol–water partition coefficient (Wildman–Crippen LogP) is 3.54. The highest BCUT2D eigenvalue weighted by Gasteiger charge is 2.22. The summed E-state index contributed by atoms with van der Waals surface area (Å²) in [7, 11) is 0. The Hall–Kier alpha value is -1.20. The summed E-state index contributed by atoms with van der Waals surface area (Å²) in [5, 5.41) is 0. The zero-order valence-electron chi connectivity index (χ0n) is 12.4. The fourth-order valence-electron chi connectivity index (χ4n) is 2.62. The number of halogens is 2. The van der Waals surface area contributed by atoms with Gasteiger partial charge in [0.15, 0.2) is 0 Å². The molecule has 3 nitrogen and oxygen atoms in total. The van der Waals surface area contributed by atoms with Gasteiger partial charge in [-0.2, -0.15) is 8.78 Å². The number of hydrogen-bond donors (Lipinski definition) is 0. The van der Waals surface area contributed by atoms with Crippen molar-refractivity contribution >= 4 is 0 Å². The third kappa shape index (κ3) is 5.59. The second kappa shape index (κ2) is 8.29. The molecule has 21 heavy (non-hydrogen) atoms. The van der Waals surface area contributed by atoms with Crippen LogP contribution in [0.1, 0.15) is 25.3 Å². The molecule has 118 valence electrons. The highest BCUT2D eigenvalue weighted by Crippen LogP contribution is 2.21.